The van der Waals surface area contributed by atoms with Crippen LogP contribution < -0.4 is 10.6 Å². The molecule has 2 aromatic heterocycles. The molecule has 0 unspecified atom stereocenters. The Morgan fingerprint density at radius 3 is 2.93 bits per heavy atom. The van der Waals surface area contributed by atoms with E-state index in [4.69, 9.17) is 21.4 Å². The molecule has 3 aromatic rings. The van der Waals surface area contributed by atoms with Crippen molar-refractivity contribution in [2.45, 2.75) is 19.8 Å². The molecule has 0 fully saturated rings. The van der Waals surface area contributed by atoms with E-state index in [1.54, 1.807) is 24.3 Å². The van der Waals surface area contributed by atoms with Gasteiger partial charge in [-0.2, -0.15) is 0 Å². The number of hydrogen-bond donors (Lipinski definition) is 2. The molecule has 0 aliphatic rings. The van der Waals surface area contributed by atoms with Crippen LogP contribution in [-0.4, -0.2) is 28.6 Å². The number of unbranched alkanes of at least 4 members (excludes halogenated alkanes) is 1. The van der Waals surface area contributed by atoms with Crippen molar-refractivity contribution < 1.29 is 18.7 Å². The van der Waals surface area contributed by atoms with Crippen molar-refractivity contribution in [2.75, 3.05) is 11.9 Å². The maximum Gasteiger partial charge on any atom is 0.338 e. The summed E-state index contributed by atoms with van der Waals surface area (Å²) in [7, 11) is 0. The number of nitrogens with one attached hydrogen (secondary N) is 2. The number of benzene rings is 1. The quantitative estimate of drug-likeness (QED) is 0.365. The van der Waals surface area contributed by atoms with E-state index in [1.165, 1.54) is 23.7 Å². The molecule has 0 radical (unpaired) electrons. The molecule has 0 bridgehead atoms. The fraction of sp³-hybridized carbons (Fsp3) is 0.222. The summed E-state index contributed by atoms with van der Waals surface area (Å²) in [5, 5.41) is 5.99. The molecule has 7 nitrogen and oxygen atoms in total. The first kappa shape index (κ1) is 19.0. The van der Waals surface area contributed by atoms with Crippen LogP contribution in [0.25, 0.3) is 10.2 Å². The van der Waals surface area contributed by atoms with Crippen LogP contribution in [-0.2, 0) is 4.74 Å². The van der Waals surface area contributed by atoms with E-state index in [-0.39, 0.29) is 16.8 Å². The largest absolute Gasteiger partial charge is 0.462 e. The standard InChI is InChI=1S/C18H17N3O4S2/c1-2-3-8-25-16(23)11-6-7-12-14(10-11)27-18(19-12)21-17(26)20-15(22)13-5-4-9-24-13/h4-7,9-10H,2-3,8H2,1H3,(H2,19,20,21,22,26). The number of thiazole rings is 1. The summed E-state index contributed by atoms with van der Waals surface area (Å²) < 4.78 is 11.0. The second kappa shape index (κ2) is 8.74. The van der Waals surface area contributed by atoms with Crippen LogP contribution in [0.15, 0.2) is 41.0 Å². The Bertz CT molecular complexity index is 966. The van der Waals surface area contributed by atoms with Crippen molar-refractivity contribution in [3.63, 3.8) is 0 Å². The highest BCUT2D eigenvalue weighted by atomic mass is 32.1. The second-order valence-corrected chi connectivity index (χ2v) is 7.02. The van der Waals surface area contributed by atoms with Crippen LogP contribution in [0, 0.1) is 0 Å². The number of thiocarbonyl (C=S) groups is 1. The molecule has 1 aromatic carbocycles. The first-order valence-corrected chi connectivity index (χ1v) is 9.53. The predicted octanol–water partition coefficient (Wildman–Crippen LogP) is 3.97. The predicted molar refractivity (Wildman–Crippen MR) is 107 cm³/mol. The highest BCUT2D eigenvalue weighted by Gasteiger charge is 2.13. The smallest absolute Gasteiger partial charge is 0.338 e. The molecule has 27 heavy (non-hydrogen) atoms. The summed E-state index contributed by atoms with van der Waals surface area (Å²) in [5.41, 5.74) is 1.19. The maximum absolute atomic E-state index is 12.1. The number of nitrogens with zero attached hydrogens (tertiary/aromatic N) is 1. The molecule has 2 N–H and O–H groups in total. The number of carbonyl (C=O) groups excluding carboxylic acids is 2. The number of amides is 1. The monoisotopic (exact) mass is 403 g/mol. The Kier molecular flexibility index (Phi) is 6.15. The Morgan fingerprint density at radius 2 is 2.19 bits per heavy atom. The van der Waals surface area contributed by atoms with Crippen molar-refractivity contribution in [2.24, 2.45) is 0 Å². The summed E-state index contributed by atoms with van der Waals surface area (Å²) in [6, 6.07) is 8.31. The van der Waals surface area contributed by atoms with Gasteiger partial charge in [0.1, 0.15) is 0 Å². The number of hydrogen-bond acceptors (Lipinski definition) is 7. The van der Waals surface area contributed by atoms with Crippen molar-refractivity contribution >= 4 is 55.9 Å². The summed E-state index contributed by atoms with van der Waals surface area (Å²) in [6.07, 6.45) is 3.21. The fourth-order valence-corrected chi connectivity index (χ4v) is 3.36. The molecule has 0 atom stereocenters. The summed E-state index contributed by atoms with van der Waals surface area (Å²) >= 11 is 6.44. The number of rotatable bonds is 6. The normalized spacial score (nSPS) is 10.6. The van der Waals surface area contributed by atoms with Gasteiger partial charge in [0.25, 0.3) is 5.91 Å². The zero-order valence-corrected chi connectivity index (χ0v) is 16.1. The van der Waals surface area contributed by atoms with Gasteiger partial charge < -0.3 is 14.5 Å². The molecule has 0 aliphatic carbocycles. The van der Waals surface area contributed by atoms with Gasteiger partial charge in [-0.05, 0) is 49.0 Å². The number of carbonyl (C=O) groups is 2. The van der Waals surface area contributed by atoms with Crippen molar-refractivity contribution in [1.82, 2.24) is 10.3 Å². The van der Waals surface area contributed by atoms with Gasteiger partial charge in [0.15, 0.2) is 16.0 Å². The Morgan fingerprint density at radius 1 is 1.33 bits per heavy atom. The van der Waals surface area contributed by atoms with Crippen molar-refractivity contribution in [3.05, 3.63) is 47.9 Å². The van der Waals surface area contributed by atoms with Crippen LogP contribution >= 0.6 is 23.6 Å². The first-order valence-electron chi connectivity index (χ1n) is 8.30. The van der Waals surface area contributed by atoms with E-state index in [1.807, 2.05) is 6.92 Å². The zero-order valence-electron chi connectivity index (χ0n) is 14.5. The number of esters is 1. The van der Waals surface area contributed by atoms with Gasteiger partial charge in [-0.25, -0.2) is 9.78 Å². The molecule has 0 saturated heterocycles. The van der Waals surface area contributed by atoms with Crippen LogP contribution in [0.4, 0.5) is 5.13 Å². The number of furan rings is 1. The lowest BCUT2D eigenvalue weighted by molar-refractivity contribution is 0.0500. The fourth-order valence-electron chi connectivity index (χ4n) is 2.20. The van der Waals surface area contributed by atoms with Gasteiger partial charge in [-0.3, -0.25) is 10.1 Å². The first-order chi connectivity index (χ1) is 13.1. The van der Waals surface area contributed by atoms with Crippen LogP contribution in [0.5, 0.6) is 0 Å². The zero-order chi connectivity index (χ0) is 19.2. The second-order valence-electron chi connectivity index (χ2n) is 5.58. The van der Waals surface area contributed by atoms with E-state index in [0.29, 0.717) is 22.8 Å². The molecule has 1 amide bonds. The third-order valence-corrected chi connectivity index (χ3v) is 4.69. The summed E-state index contributed by atoms with van der Waals surface area (Å²) in [6.45, 7) is 2.44. The van der Waals surface area contributed by atoms with Crippen LogP contribution in [0.3, 0.4) is 0 Å². The minimum absolute atomic E-state index is 0.106. The maximum atomic E-state index is 12.1. The van der Waals surface area contributed by atoms with Crippen molar-refractivity contribution in [1.29, 1.82) is 0 Å². The number of fused-ring (bicyclic) bond motifs is 1. The molecule has 0 saturated carbocycles. The number of aromatic nitrogens is 1. The average Bonchev–Trinajstić information content (AvgIpc) is 3.30. The van der Waals surface area contributed by atoms with E-state index >= 15 is 0 Å². The third kappa shape index (κ3) is 4.89. The number of anilines is 1. The van der Waals surface area contributed by atoms with Gasteiger partial charge in [0.05, 0.1) is 28.7 Å². The lowest BCUT2D eigenvalue weighted by atomic mass is 10.2. The lowest BCUT2D eigenvalue weighted by Crippen LogP contribution is -2.33. The molecular weight excluding hydrogens is 386 g/mol. The van der Waals surface area contributed by atoms with Gasteiger partial charge >= 0.3 is 5.97 Å². The molecule has 0 aliphatic heterocycles. The van der Waals surface area contributed by atoms with Gasteiger partial charge in [-0.15, -0.1) is 0 Å². The summed E-state index contributed by atoms with van der Waals surface area (Å²) in [5.74, 6) is -0.639. The molecule has 9 heteroatoms. The molecule has 140 valence electrons. The van der Waals surface area contributed by atoms with E-state index in [2.05, 4.69) is 15.6 Å². The van der Waals surface area contributed by atoms with Crippen LogP contribution in [0.2, 0.25) is 0 Å². The molecule has 3 rings (SSSR count). The number of ether oxygens (including phenoxy) is 1. The van der Waals surface area contributed by atoms with Gasteiger partial charge in [0, 0.05) is 0 Å². The van der Waals surface area contributed by atoms with E-state index in [9.17, 15) is 9.59 Å². The third-order valence-electron chi connectivity index (χ3n) is 3.55. The minimum Gasteiger partial charge on any atom is -0.462 e. The van der Waals surface area contributed by atoms with Crippen LogP contribution in [0.1, 0.15) is 40.7 Å². The SMILES string of the molecule is CCCCOC(=O)c1ccc2nc(NC(=S)NC(=O)c3ccco3)sc2c1. The molecule has 0 spiro atoms. The van der Waals surface area contributed by atoms with E-state index in [0.717, 1.165) is 17.5 Å². The molecular formula is C18H17N3O4S2. The summed E-state index contributed by atoms with van der Waals surface area (Å²) in [4.78, 5) is 28.3. The Labute approximate surface area is 164 Å². The Balaban J connectivity index is 1.64. The topological polar surface area (TPSA) is 93.5 Å². The highest BCUT2D eigenvalue weighted by Crippen LogP contribution is 2.27. The van der Waals surface area contributed by atoms with E-state index < -0.39 is 5.91 Å². The van der Waals surface area contributed by atoms with Crippen molar-refractivity contribution in [3.8, 4) is 0 Å². The lowest BCUT2D eigenvalue weighted by Gasteiger charge is -2.04. The minimum atomic E-state index is -0.448. The Hall–Kier alpha value is -2.78. The van der Waals surface area contributed by atoms with Gasteiger partial charge in [-0.1, -0.05) is 24.7 Å². The highest BCUT2D eigenvalue weighted by molar-refractivity contribution is 7.80. The van der Waals surface area contributed by atoms with Gasteiger partial charge in [0.2, 0.25) is 0 Å². The average molecular weight is 403 g/mol. The molecule has 2 heterocycles.